The first-order valence-electron chi connectivity index (χ1n) is 17.8. The van der Waals surface area contributed by atoms with Gasteiger partial charge in [-0.2, -0.15) is 0 Å². The van der Waals surface area contributed by atoms with Crippen LogP contribution in [-0.2, 0) is 38.0 Å². The van der Waals surface area contributed by atoms with Crippen LogP contribution in [0.1, 0.15) is 81.6 Å². The van der Waals surface area contributed by atoms with Gasteiger partial charge in [-0.15, -0.1) is 0 Å². The molecule has 49 heavy (non-hydrogen) atoms. The van der Waals surface area contributed by atoms with E-state index in [1.165, 1.54) is 7.11 Å². The fourth-order valence-electron chi connectivity index (χ4n) is 8.01. The maximum atomic E-state index is 13.7. The molecule has 14 heteroatoms. The highest BCUT2D eigenvalue weighted by molar-refractivity contribution is 5.86. The van der Waals surface area contributed by atoms with E-state index in [4.69, 9.17) is 28.4 Å². The monoisotopic (exact) mass is 698 g/mol. The van der Waals surface area contributed by atoms with Crippen molar-refractivity contribution >= 4 is 17.8 Å². The SMILES string of the molecule is CO[C@]1(C)C[C@H](O[C@H]2[C@H](C)[C@@H](O[C@@H]3O[C@H](C)C[C@H]4[C@H]3OC(=NC(C)C)N4C)[C@](C)(O)C[C@@H](C)CN(C)C(=O)CNC(=O)[C@@H]2C)O[C@@H](C)[C@@H]1O. The lowest BCUT2D eigenvalue weighted by atomic mass is 9.77. The summed E-state index contributed by atoms with van der Waals surface area (Å²) < 4.78 is 38.2. The summed E-state index contributed by atoms with van der Waals surface area (Å²) in [5.74, 6) is -2.17. The lowest BCUT2D eigenvalue weighted by Crippen LogP contribution is -2.60. The number of hydrogen-bond acceptors (Lipinski definition) is 11. The number of likely N-dealkylation sites (N-methyl/N-ethyl adjacent to an activating group) is 2. The first-order chi connectivity index (χ1) is 22.8. The van der Waals surface area contributed by atoms with Gasteiger partial charge in [-0.05, 0) is 60.3 Å². The number of hydrogen-bond donors (Lipinski definition) is 3. The molecule has 4 heterocycles. The van der Waals surface area contributed by atoms with Crippen LogP contribution in [0.5, 0.6) is 0 Å². The number of aliphatic hydroxyl groups excluding tert-OH is 1. The van der Waals surface area contributed by atoms with Gasteiger partial charge in [-0.1, -0.05) is 20.8 Å². The summed E-state index contributed by atoms with van der Waals surface area (Å²) in [5.41, 5.74) is -2.43. The molecule has 0 aliphatic carbocycles. The number of nitrogens with one attached hydrogen (secondary N) is 1. The van der Waals surface area contributed by atoms with Crippen LogP contribution in [-0.4, -0.2) is 145 Å². The predicted molar refractivity (Wildman–Crippen MR) is 181 cm³/mol. The van der Waals surface area contributed by atoms with Gasteiger partial charge < -0.3 is 53.8 Å². The van der Waals surface area contributed by atoms with Gasteiger partial charge in [-0.3, -0.25) is 9.59 Å². The molecule has 0 saturated carbocycles. The van der Waals surface area contributed by atoms with E-state index >= 15 is 0 Å². The molecule has 0 aromatic rings. The fourth-order valence-corrected chi connectivity index (χ4v) is 8.01. The summed E-state index contributed by atoms with van der Waals surface area (Å²) in [4.78, 5) is 35.0. The van der Waals surface area contributed by atoms with Crippen molar-refractivity contribution in [2.45, 2.75) is 154 Å². The minimum absolute atomic E-state index is 0.0225. The first kappa shape index (κ1) is 39.7. The number of aliphatic imine (C=N–C) groups is 1. The topological polar surface area (TPSA) is 161 Å². The second kappa shape index (κ2) is 15.7. The third-order valence-corrected chi connectivity index (χ3v) is 10.8. The zero-order valence-corrected chi connectivity index (χ0v) is 31.5. The Kier molecular flexibility index (Phi) is 12.7. The number of amides is 2. The molecule has 0 spiro atoms. The van der Waals surface area contributed by atoms with Crippen molar-refractivity contribution in [1.82, 2.24) is 15.1 Å². The molecule has 14 atom stereocenters. The van der Waals surface area contributed by atoms with E-state index in [9.17, 15) is 19.8 Å². The van der Waals surface area contributed by atoms with E-state index in [1.54, 1.807) is 39.6 Å². The Labute approximate surface area is 292 Å². The Morgan fingerprint density at radius 3 is 2.35 bits per heavy atom. The van der Waals surface area contributed by atoms with Crippen molar-refractivity contribution in [2.24, 2.45) is 22.7 Å². The van der Waals surface area contributed by atoms with Crippen LogP contribution in [0, 0.1) is 17.8 Å². The maximum absolute atomic E-state index is 13.7. The van der Waals surface area contributed by atoms with Crippen LogP contribution in [0.25, 0.3) is 0 Å². The molecule has 0 aromatic carbocycles. The lowest BCUT2D eigenvalue weighted by Gasteiger charge is -2.48. The van der Waals surface area contributed by atoms with Gasteiger partial charge in [-0.25, -0.2) is 4.99 Å². The molecular weight excluding hydrogens is 636 g/mol. The molecule has 4 saturated heterocycles. The number of carbonyl (C=O) groups is 2. The maximum Gasteiger partial charge on any atom is 0.288 e. The van der Waals surface area contributed by atoms with Crippen molar-refractivity contribution in [3.8, 4) is 0 Å². The fraction of sp³-hybridized carbons (Fsp3) is 0.914. The van der Waals surface area contributed by atoms with Gasteiger partial charge >= 0.3 is 0 Å². The van der Waals surface area contributed by atoms with E-state index in [1.807, 2.05) is 46.6 Å². The third-order valence-electron chi connectivity index (χ3n) is 10.8. The van der Waals surface area contributed by atoms with Crippen molar-refractivity contribution < 1.29 is 48.2 Å². The normalized spacial score (nSPS) is 45.3. The Bertz CT molecular complexity index is 1190. The summed E-state index contributed by atoms with van der Waals surface area (Å²) in [5, 5.41) is 26.1. The van der Waals surface area contributed by atoms with E-state index in [0.717, 1.165) is 0 Å². The Hall–Kier alpha value is -2.07. The van der Waals surface area contributed by atoms with Crippen LogP contribution < -0.4 is 5.32 Å². The summed E-state index contributed by atoms with van der Waals surface area (Å²) in [7, 11) is 5.18. The molecule has 282 valence electrons. The second-order valence-electron chi connectivity index (χ2n) is 15.7. The van der Waals surface area contributed by atoms with Crippen LogP contribution in [0.4, 0.5) is 0 Å². The molecule has 0 bridgehead atoms. The summed E-state index contributed by atoms with van der Waals surface area (Å²) in [6.45, 7) is 17.0. The van der Waals surface area contributed by atoms with E-state index in [0.29, 0.717) is 19.0 Å². The van der Waals surface area contributed by atoms with Gasteiger partial charge in [0.1, 0.15) is 6.10 Å². The molecular formula is C35H62N4O10. The van der Waals surface area contributed by atoms with Crippen LogP contribution >= 0.6 is 0 Å². The Morgan fingerprint density at radius 1 is 1.04 bits per heavy atom. The lowest BCUT2D eigenvalue weighted by molar-refractivity contribution is -0.313. The predicted octanol–water partition coefficient (Wildman–Crippen LogP) is 1.89. The zero-order chi connectivity index (χ0) is 36.6. The number of carbonyl (C=O) groups excluding carboxylic acids is 2. The highest BCUT2D eigenvalue weighted by Crippen LogP contribution is 2.40. The number of rotatable bonds is 6. The summed E-state index contributed by atoms with van der Waals surface area (Å²) >= 11 is 0. The zero-order valence-electron chi connectivity index (χ0n) is 31.5. The van der Waals surface area contributed by atoms with Crippen LogP contribution in [0.2, 0.25) is 0 Å². The summed E-state index contributed by atoms with van der Waals surface area (Å²) in [6, 6.07) is 0.479. The average Bonchev–Trinajstić information content (AvgIpc) is 3.31. The Morgan fingerprint density at radius 2 is 1.71 bits per heavy atom. The van der Waals surface area contributed by atoms with Gasteiger partial charge in [0.05, 0.1) is 54.1 Å². The van der Waals surface area contributed by atoms with Crippen LogP contribution in [0.15, 0.2) is 4.99 Å². The van der Waals surface area contributed by atoms with E-state index < -0.39 is 66.1 Å². The average molecular weight is 699 g/mol. The molecule has 4 rings (SSSR count). The minimum atomic E-state index is -1.47. The third kappa shape index (κ3) is 8.88. The van der Waals surface area contributed by atoms with Gasteiger partial charge in [0.2, 0.25) is 11.8 Å². The number of ether oxygens (including phenoxy) is 6. The van der Waals surface area contributed by atoms with Crippen molar-refractivity contribution in [3.05, 3.63) is 0 Å². The number of nitrogens with zero attached hydrogens (tertiary/aromatic N) is 3. The molecule has 0 radical (unpaired) electrons. The van der Waals surface area contributed by atoms with Gasteiger partial charge in [0, 0.05) is 46.1 Å². The quantitative estimate of drug-likeness (QED) is 0.372. The minimum Gasteiger partial charge on any atom is -0.454 e. The summed E-state index contributed by atoms with van der Waals surface area (Å²) in [6.07, 6.45) is -4.53. The highest BCUT2D eigenvalue weighted by Gasteiger charge is 2.54. The second-order valence-corrected chi connectivity index (χ2v) is 15.7. The first-order valence-corrected chi connectivity index (χ1v) is 17.8. The van der Waals surface area contributed by atoms with Crippen molar-refractivity contribution in [3.63, 3.8) is 0 Å². The standard InChI is InChI=1S/C35H62N4O10/c1-18(2)37-33-39(11)24-13-20(4)45-32(28(24)48-33)49-30-21(5)27(47-26-15-35(9,44-12)29(41)23(7)46-26)22(6)31(42)36-16-25(40)38(10)17-19(3)14-34(30,8)43/h18-24,26-30,32,41,43H,13-17H2,1-12H3,(H,36,42)/t19-,20-,21+,22-,23+,24+,26+,27+,28-,29+,30-,32+,34-,35-/m1/s1. The largest absolute Gasteiger partial charge is 0.454 e. The number of aliphatic hydroxyl groups is 2. The molecule has 2 amide bonds. The molecule has 4 aliphatic heterocycles. The smallest absolute Gasteiger partial charge is 0.288 e. The van der Waals surface area contributed by atoms with Gasteiger partial charge in [0.25, 0.3) is 6.02 Å². The molecule has 3 N–H and O–H groups in total. The Balaban J connectivity index is 1.75. The molecule has 0 unspecified atom stereocenters. The van der Waals surface area contributed by atoms with Crippen LogP contribution in [0.3, 0.4) is 0 Å². The van der Waals surface area contributed by atoms with E-state index in [2.05, 4.69) is 10.3 Å². The molecule has 4 aliphatic rings. The highest BCUT2D eigenvalue weighted by atomic mass is 16.7. The van der Waals surface area contributed by atoms with Crippen molar-refractivity contribution in [1.29, 1.82) is 0 Å². The van der Waals surface area contributed by atoms with E-state index in [-0.39, 0.29) is 55.3 Å². The number of methoxy groups -OCH3 is 1. The molecule has 4 fully saturated rings. The number of fused-ring (bicyclic) bond motifs is 1. The molecule has 14 nitrogen and oxygen atoms in total. The van der Waals surface area contributed by atoms with Crippen molar-refractivity contribution in [2.75, 3.05) is 34.3 Å². The number of amidine groups is 1. The molecule has 0 aromatic heterocycles. The van der Waals surface area contributed by atoms with Gasteiger partial charge in [0.15, 0.2) is 18.7 Å².